The largest absolute Gasteiger partial charge is 0.497 e. The number of methoxy groups -OCH3 is 1. The van der Waals surface area contributed by atoms with E-state index in [9.17, 15) is 0 Å². The van der Waals surface area contributed by atoms with Gasteiger partial charge in [0.25, 0.3) is 0 Å². The van der Waals surface area contributed by atoms with Crippen molar-refractivity contribution in [2.45, 2.75) is 32.9 Å². The van der Waals surface area contributed by atoms with Crippen molar-refractivity contribution in [1.29, 1.82) is 0 Å². The van der Waals surface area contributed by atoms with E-state index in [0.717, 1.165) is 17.1 Å². The molecular formula is C15H21NO2. The van der Waals surface area contributed by atoms with Gasteiger partial charge in [-0.3, -0.25) is 0 Å². The maximum absolute atomic E-state index is 5.52. The Kier molecular flexibility index (Phi) is 5.06. The van der Waals surface area contributed by atoms with Gasteiger partial charge in [-0.15, -0.1) is 6.42 Å². The summed E-state index contributed by atoms with van der Waals surface area (Å²) in [5.74, 6) is 4.08. The lowest BCUT2D eigenvalue weighted by Gasteiger charge is -2.21. The van der Waals surface area contributed by atoms with Crippen LogP contribution in [0.4, 0.5) is 0 Å². The van der Waals surface area contributed by atoms with Gasteiger partial charge in [-0.2, -0.15) is 0 Å². The normalized spacial score (nSPS) is 10.8. The predicted molar refractivity (Wildman–Crippen MR) is 73.9 cm³/mol. The maximum atomic E-state index is 5.52. The molecule has 1 aromatic carbocycles. The number of rotatable bonds is 5. The molecule has 0 aliphatic carbocycles. The minimum absolute atomic E-state index is 0.0481. The van der Waals surface area contributed by atoms with Crippen molar-refractivity contribution >= 4 is 0 Å². The Labute approximate surface area is 109 Å². The molecule has 3 heteroatoms. The van der Waals surface area contributed by atoms with Crippen LogP contribution in [0.2, 0.25) is 0 Å². The van der Waals surface area contributed by atoms with Crippen LogP contribution < -0.4 is 14.8 Å². The Morgan fingerprint density at radius 2 is 2.06 bits per heavy atom. The second-order valence-electron chi connectivity index (χ2n) is 5.07. The first-order valence-corrected chi connectivity index (χ1v) is 5.94. The highest BCUT2D eigenvalue weighted by atomic mass is 16.5. The van der Waals surface area contributed by atoms with Crippen LogP contribution in [0.5, 0.6) is 11.5 Å². The summed E-state index contributed by atoms with van der Waals surface area (Å²) in [6, 6.07) is 5.72. The molecule has 0 spiro atoms. The molecule has 0 saturated carbocycles. The van der Waals surface area contributed by atoms with Crippen molar-refractivity contribution in [2.24, 2.45) is 0 Å². The summed E-state index contributed by atoms with van der Waals surface area (Å²) in [6.45, 7) is 7.34. The van der Waals surface area contributed by atoms with Crippen LogP contribution in [0, 0.1) is 12.3 Å². The quantitative estimate of drug-likeness (QED) is 0.811. The summed E-state index contributed by atoms with van der Waals surface area (Å²) >= 11 is 0. The molecule has 0 aromatic heterocycles. The highest BCUT2D eigenvalue weighted by Gasteiger charge is 2.11. The van der Waals surface area contributed by atoms with Crippen molar-refractivity contribution in [3.05, 3.63) is 23.8 Å². The number of hydrogen-bond donors (Lipinski definition) is 1. The van der Waals surface area contributed by atoms with Crippen molar-refractivity contribution < 1.29 is 9.47 Å². The van der Waals surface area contributed by atoms with Gasteiger partial charge in [0.2, 0.25) is 0 Å². The summed E-state index contributed by atoms with van der Waals surface area (Å²) < 4.78 is 10.7. The number of terminal acetylenes is 1. The van der Waals surface area contributed by atoms with Crippen LogP contribution in [0.3, 0.4) is 0 Å². The van der Waals surface area contributed by atoms with Crippen LogP contribution in [-0.4, -0.2) is 19.3 Å². The minimum Gasteiger partial charge on any atom is -0.497 e. The van der Waals surface area contributed by atoms with Gasteiger partial charge in [0, 0.05) is 17.6 Å². The van der Waals surface area contributed by atoms with Crippen molar-refractivity contribution in [3.8, 4) is 23.8 Å². The molecule has 0 unspecified atom stereocenters. The molecule has 1 aromatic rings. The Morgan fingerprint density at radius 3 is 2.61 bits per heavy atom. The van der Waals surface area contributed by atoms with Crippen molar-refractivity contribution in [3.63, 3.8) is 0 Å². The van der Waals surface area contributed by atoms with Gasteiger partial charge >= 0.3 is 0 Å². The molecule has 98 valence electrons. The highest BCUT2D eigenvalue weighted by Crippen LogP contribution is 2.24. The van der Waals surface area contributed by atoms with E-state index >= 15 is 0 Å². The van der Waals surface area contributed by atoms with E-state index in [2.05, 4.69) is 32.0 Å². The number of nitrogens with one attached hydrogen (secondary N) is 1. The second-order valence-corrected chi connectivity index (χ2v) is 5.07. The molecule has 0 heterocycles. The number of ether oxygens (including phenoxy) is 2. The summed E-state index contributed by atoms with van der Waals surface area (Å²) in [5, 5.41) is 3.42. The van der Waals surface area contributed by atoms with Crippen molar-refractivity contribution in [1.82, 2.24) is 5.32 Å². The zero-order chi connectivity index (χ0) is 13.6. The lowest BCUT2D eigenvalue weighted by atomic mass is 10.1. The lowest BCUT2D eigenvalue weighted by Crippen LogP contribution is -2.35. The Balaban J connectivity index is 2.86. The fourth-order valence-corrected chi connectivity index (χ4v) is 1.44. The van der Waals surface area contributed by atoms with Gasteiger partial charge in [-0.1, -0.05) is 5.92 Å². The van der Waals surface area contributed by atoms with Crippen LogP contribution in [0.1, 0.15) is 26.3 Å². The molecular weight excluding hydrogens is 226 g/mol. The Bertz CT molecular complexity index is 427. The van der Waals surface area contributed by atoms with E-state index in [1.807, 2.05) is 18.2 Å². The van der Waals surface area contributed by atoms with Crippen LogP contribution in [0.15, 0.2) is 18.2 Å². The first kappa shape index (κ1) is 14.4. The third kappa shape index (κ3) is 4.68. The second kappa shape index (κ2) is 6.32. The van der Waals surface area contributed by atoms with Crippen LogP contribution in [-0.2, 0) is 6.54 Å². The highest BCUT2D eigenvalue weighted by molar-refractivity contribution is 5.40. The summed E-state index contributed by atoms with van der Waals surface area (Å²) in [7, 11) is 1.65. The van der Waals surface area contributed by atoms with Gasteiger partial charge in [-0.05, 0) is 39.0 Å². The van der Waals surface area contributed by atoms with Gasteiger partial charge in [0.05, 0.1) is 7.11 Å². The molecule has 18 heavy (non-hydrogen) atoms. The summed E-state index contributed by atoms with van der Waals surface area (Å²) in [6.07, 6.45) is 5.21. The van der Waals surface area contributed by atoms with E-state index < -0.39 is 0 Å². The van der Waals surface area contributed by atoms with Crippen LogP contribution in [0.25, 0.3) is 0 Å². The molecule has 1 N–H and O–H groups in total. The van der Waals surface area contributed by atoms with Crippen LogP contribution >= 0.6 is 0 Å². The molecule has 0 atom stereocenters. The molecule has 3 nitrogen and oxygen atoms in total. The molecule has 0 saturated heterocycles. The summed E-state index contributed by atoms with van der Waals surface area (Å²) in [5.41, 5.74) is 1.09. The van der Waals surface area contributed by atoms with E-state index in [1.54, 1.807) is 7.11 Å². The predicted octanol–water partition coefficient (Wildman–Crippen LogP) is 2.60. The Hall–Kier alpha value is -1.66. The molecule has 0 amide bonds. The van der Waals surface area contributed by atoms with Crippen molar-refractivity contribution in [2.75, 3.05) is 13.7 Å². The third-order valence-electron chi connectivity index (χ3n) is 2.39. The zero-order valence-electron chi connectivity index (χ0n) is 11.5. The summed E-state index contributed by atoms with van der Waals surface area (Å²) in [4.78, 5) is 0. The minimum atomic E-state index is 0.0481. The molecule has 0 fully saturated rings. The fraction of sp³-hybridized carbons (Fsp3) is 0.467. The smallest absolute Gasteiger partial charge is 0.148 e. The third-order valence-corrected chi connectivity index (χ3v) is 2.39. The monoisotopic (exact) mass is 247 g/mol. The molecule has 0 radical (unpaired) electrons. The average Bonchev–Trinajstić information content (AvgIpc) is 2.33. The SMILES string of the molecule is C#CCOc1ccc(OC)cc1CNC(C)(C)C. The van der Waals surface area contributed by atoms with E-state index in [0.29, 0.717) is 6.54 Å². The molecule has 0 aliphatic heterocycles. The molecule has 1 rings (SSSR count). The number of benzene rings is 1. The first-order chi connectivity index (χ1) is 8.46. The Morgan fingerprint density at radius 1 is 1.33 bits per heavy atom. The van der Waals surface area contributed by atoms with Gasteiger partial charge in [-0.25, -0.2) is 0 Å². The van der Waals surface area contributed by atoms with Gasteiger partial charge in [0.1, 0.15) is 18.1 Å². The maximum Gasteiger partial charge on any atom is 0.148 e. The number of hydrogen-bond acceptors (Lipinski definition) is 3. The zero-order valence-corrected chi connectivity index (χ0v) is 11.5. The van der Waals surface area contributed by atoms with Gasteiger partial charge in [0.15, 0.2) is 0 Å². The van der Waals surface area contributed by atoms with E-state index in [1.165, 1.54) is 0 Å². The van der Waals surface area contributed by atoms with E-state index in [-0.39, 0.29) is 12.1 Å². The fourth-order valence-electron chi connectivity index (χ4n) is 1.44. The van der Waals surface area contributed by atoms with Gasteiger partial charge < -0.3 is 14.8 Å². The van der Waals surface area contributed by atoms with E-state index in [4.69, 9.17) is 15.9 Å². The standard InChI is InChI=1S/C15H21NO2/c1-6-9-18-14-8-7-13(17-5)10-12(14)11-16-15(2,3)4/h1,7-8,10,16H,9,11H2,2-5H3. The lowest BCUT2D eigenvalue weighted by molar-refractivity contribution is 0.356. The molecule has 0 bridgehead atoms. The average molecular weight is 247 g/mol. The molecule has 0 aliphatic rings. The topological polar surface area (TPSA) is 30.5 Å². The first-order valence-electron chi connectivity index (χ1n) is 5.94.